The maximum absolute atomic E-state index is 10.7. The van der Waals surface area contributed by atoms with Crippen LogP contribution in [0.1, 0.15) is 26.3 Å². The lowest BCUT2D eigenvalue weighted by molar-refractivity contribution is 0.0686. The largest absolute Gasteiger partial charge is 0.489 e. The van der Waals surface area contributed by atoms with E-state index in [1.165, 1.54) is 24.3 Å². The summed E-state index contributed by atoms with van der Waals surface area (Å²) in [6.45, 7) is 0.284. The van der Waals surface area contributed by atoms with E-state index >= 15 is 0 Å². The van der Waals surface area contributed by atoms with Gasteiger partial charge in [-0.2, -0.15) is 0 Å². The average Bonchev–Trinajstić information content (AvgIpc) is 2.46. The number of aromatic carboxylic acids is 2. The lowest BCUT2D eigenvalue weighted by Crippen LogP contribution is -1.99. The van der Waals surface area contributed by atoms with Crippen molar-refractivity contribution in [2.45, 2.75) is 6.61 Å². The monoisotopic (exact) mass is 272 g/mol. The molecule has 102 valence electrons. The summed E-state index contributed by atoms with van der Waals surface area (Å²) in [6.07, 6.45) is 0. The van der Waals surface area contributed by atoms with Gasteiger partial charge in [-0.3, -0.25) is 0 Å². The fourth-order valence-electron chi connectivity index (χ4n) is 1.60. The maximum Gasteiger partial charge on any atom is 0.335 e. The van der Waals surface area contributed by atoms with E-state index in [0.29, 0.717) is 5.75 Å². The fraction of sp³-hybridized carbons (Fsp3) is 0.0667. The van der Waals surface area contributed by atoms with Gasteiger partial charge in [-0.05, 0) is 42.0 Å². The Kier molecular flexibility index (Phi) is 4.00. The molecule has 0 aromatic heterocycles. The number of carboxylic acid groups (broad SMARTS) is 2. The van der Waals surface area contributed by atoms with Gasteiger partial charge in [0.05, 0.1) is 11.1 Å². The van der Waals surface area contributed by atoms with Crippen molar-refractivity contribution in [1.82, 2.24) is 0 Å². The summed E-state index contributed by atoms with van der Waals surface area (Å²) in [6, 6.07) is 12.5. The van der Waals surface area contributed by atoms with E-state index in [2.05, 4.69) is 0 Å². The molecule has 0 spiro atoms. The standard InChI is InChI=1S/C15H12O5/c16-14(17)11-3-1-10(2-4-11)9-20-13-7-5-12(6-8-13)15(18)19/h1-8H,9H2,(H,16,17)(H,18,19). The van der Waals surface area contributed by atoms with E-state index in [-0.39, 0.29) is 17.7 Å². The minimum atomic E-state index is -0.985. The zero-order valence-electron chi connectivity index (χ0n) is 10.4. The van der Waals surface area contributed by atoms with Gasteiger partial charge in [-0.1, -0.05) is 12.1 Å². The van der Waals surface area contributed by atoms with Crippen LogP contribution < -0.4 is 4.74 Å². The molecule has 0 unspecified atom stereocenters. The van der Waals surface area contributed by atoms with Crippen LogP contribution in [0.3, 0.4) is 0 Å². The normalized spacial score (nSPS) is 10.0. The predicted octanol–water partition coefficient (Wildman–Crippen LogP) is 2.66. The highest BCUT2D eigenvalue weighted by atomic mass is 16.5. The molecule has 2 aromatic carbocycles. The van der Waals surface area contributed by atoms with Crippen molar-refractivity contribution in [3.8, 4) is 5.75 Å². The lowest BCUT2D eigenvalue weighted by atomic mass is 10.1. The number of rotatable bonds is 5. The molecule has 0 heterocycles. The van der Waals surface area contributed by atoms with Crippen molar-refractivity contribution < 1.29 is 24.5 Å². The first kappa shape index (κ1) is 13.6. The lowest BCUT2D eigenvalue weighted by Gasteiger charge is -2.06. The molecule has 0 radical (unpaired) electrons. The van der Waals surface area contributed by atoms with Crippen LogP contribution in [0.4, 0.5) is 0 Å². The molecule has 5 heteroatoms. The van der Waals surface area contributed by atoms with Gasteiger partial charge in [-0.15, -0.1) is 0 Å². The van der Waals surface area contributed by atoms with Crippen LogP contribution >= 0.6 is 0 Å². The summed E-state index contributed by atoms with van der Waals surface area (Å²) in [5.74, 6) is -1.40. The topological polar surface area (TPSA) is 83.8 Å². The summed E-state index contributed by atoms with van der Waals surface area (Å²) < 4.78 is 5.49. The third-order valence-electron chi connectivity index (χ3n) is 2.71. The Morgan fingerprint density at radius 2 is 1.25 bits per heavy atom. The zero-order valence-corrected chi connectivity index (χ0v) is 10.4. The first-order chi connectivity index (χ1) is 9.56. The van der Waals surface area contributed by atoms with Gasteiger partial charge in [0.25, 0.3) is 0 Å². The molecule has 20 heavy (non-hydrogen) atoms. The quantitative estimate of drug-likeness (QED) is 0.874. The SMILES string of the molecule is O=C(O)c1ccc(COc2ccc(C(=O)O)cc2)cc1. The number of carboxylic acids is 2. The van der Waals surface area contributed by atoms with E-state index in [4.69, 9.17) is 14.9 Å². The third kappa shape index (κ3) is 3.35. The first-order valence-electron chi connectivity index (χ1n) is 5.84. The van der Waals surface area contributed by atoms with Crippen LogP contribution in [-0.2, 0) is 6.61 Å². The second-order valence-corrected chi connectivity index (χ2v) is 4.12. The number of benzene rings is 2. The van der Waals surface area contributed by atoms with Crippen LogP contribution in [0.25, 0.3) is 0 Å². The fourth-order valence-corrected chi connectivity index (χ4v) is 1.60. The molecular formula is C15H12O5. The minimum Gasteiger partial charge on any atom is -0.489 e. The van der Waals surface area contributed by atoms with Crippen molar-refractivity contribution >= 4 is 11.9 Å². The van der Waals surface area contributed by atoms with Gasteiger partial charge in [0, 0.05) is 0 Å². The van der Waals surface area contributed by atoms with Crippen molar-refractivity contribution in [3.05, 3.63) is 65.2 Å². The molecule has 0 saturated heterocycles. The van der Waals surface area contributed by atoms with E-state index in [9.17, 15) is 9.59 Å². The molecule has 2 aromatic rings. The highest BCUT2D eigenvalue weighted by Crippen LogP contribution is 2.14. The number of hydrogen-bond donors (Lipinski definition) is 2. The molecule has 0 aliphatic carbocycles. The Balaban J connectivity index is 1.97. The molecule has 0 atom stereocenters. The van der Waals surface area contributed by atoms with Gasteiger partial charge >= 0.3 is 11.9 Å². The molecule has 0 fully saturated rings. The smallest absolute Gasteiger partial charge is 0.335 e. The number of ether oxygens (including phenoxy) is 1. The summed E-state index contributed by atoms with van der Waals surface area (Å²) >= 11 is 0. The molecule has 2 rings (SSSR count). The summed E-state index contributed by atoms with van der Waals surface area (Å²) in [4.78, 5) is 21.4. The van der Waals surface area contributed by atoms with Gasteiger partial charge < -0.3 is 14.9 Å². The number of hydrogen-bond acceptors (Lipinski definition) is 3. The zero-order chi connectivity index (χ0) is 14.5. The second kappa shape index (κ2) is 5.88. The molecule has 0 saturated carbocycles. The van der Waals surface area contributed by atoms with E-state index < -0.39 is 11.9 Å². The third-order valence-corrected chi connectivity index (χ3v) is 2.71. The maximum atomic E-state index is 10.7. The molecule has 2 N–H and O–H groups in total. The Labute approximate surface area is 115 Å². The molecule has 0 bridgehead atoms. The molecule has 0 aliphatic rings. The van der Waals surface area contributed by atoms with Gasteiger partial charge in [0.15, 0.2) is 0 Å². The summed E-state index contributed by atoms with van der Waals surface area (Å²) in [7, 11) is 0. The second-order valence-electron chi connectivity index (χ2n) is 4.12. The predicted molar refractivity (Wildman–Crippen MR) is 71.1 cm³/mol. The van der Waals surface area contributed by atoms with Gasteiger partial charge in [0.2, 0.25) is 0 Å². The molecular weight excluding hydrogens is 260 g/mol. The van der Waals surface area contributed by atoms with Crippen LogP contribution in [0.15, 0.2) is 48.5 Å². The molecule has 5 nitrogen and oxygen atoms in total. The summed E-state index contributed by atoms with van der Waals surface area (Å²) in [5, 5.41) is 17.5. The van der Waals surface area contributed by atoms with Crippen molar-refractivity contribution in [3.63, 3.8) is 0 Å². The van der Waals surface area contributed by atoms with Gasteiger partial charge in [0.1, 0.15) is 12.4 Å². The van der Waals surface area contributed by atoms with E-state index in [0.717, 1.165) is 5.56 Å². The van der Waals surface area contributed by atoms with Gasteiger partial charge in [-0.25, -0.2) is 9.59 Å². The Morgan fingerprint density at radius 1 is 0.800 bits per heavy atom. The van der Waals surface area contributed by atoms with Crippen molar-refractivity contribution in [2.75, 3.05) is 0 Å². The van der Waals surface area contributed by atoms with Crippen LogP contribution in [0, 0.1) is 0 Å². The minimum absolute atomic E-state index is 0.197. The summed E-state index contributed by atoms with van der Waals surface area (Å²) in [5.41, 5.74) is 1.25. The highest BCUT2D eigenvalue weighted by Gasteiger charge is 2.04. The first-order valence-corrected chi connectivity index (χ1v) is 5.84. The molecule has 0 amide bonds. The van der Waals surface area contributed by atoms with Crippen molar-refractivity contribution in [1.29, 1.82) is 0 Å². The Bertz CT molecular complexity index is 556. The Hall–Kier alpha value is -2.82. The average molecular weight is 272 g/mol. The van der Waals surface area contributed by atoms with Crippen molar-refractivity contribution in [2.24, 2.45) is 0 Å². The van der Waals surface area contributed by atoms with E-state index in [1.54, 1.807) is 24.3 Å². The number of carbonyl (C=O) groups is 2. The van der Waals surface area contributed by atoms with E-state index in [1.807, 2.05) is 0 Å². The Morgan fingerprint density at radius 3 is 1.70 bits per heavy atom. The van der Waals surface area contributed by atoms with Crippen LogP contribution in [0.5, 0.6) is 5.75 Å². The molecule has 0 aliphatic heterocycles. The van der Waals surface area contributed by atoms with Crippen LogP contribution in [-0.4, -0.2) is 22.2 Å². The highest BCUT2D eigenvalue weighted by molar-refractivity contribution is 5.88. The van der Waals surface area contributed by atoms with Crippen LogP contribution in [0.2, 0.25) is 0 Å².